The Morgan fingerprint density at radius 1 is 0.900 bits per heavy atom. The molecular formula is C22H49N2O5P. The Morgan fingerprint density at radius 2 is 1.47 bits per heavy atom. The van der Waals surface area contributed by atoms with Crippen LogP contribution >= 0.6 is 7.82 Å². The van der Waals surface area contributed by atoms with Gasteiger partial charge in [-0.3, -0.25) is 4.57 Å². The zero-order valence-corrected chi connectivity index (χ0v) is 21.2. The minimum atomic E-state index is -4.34. The molecule has 8 heteroatoms. The molecule has 0 aliphatic carbocycles. The number of phosphoric acid groups is 1. The standard InChI is InChI=1S/C22H49N2O5P/c1-6-8-9-10-11-12-13-14-15-16-18-27-21-22(20-23-7-2)29-30(25,26)28-19-17-24(3,4)5/h22-23H,6-21H2,1-5H3. The van der Waals surface area contributed by atoms with Crippen LogP contribution in [0.5, 0.6) is 0 Å². The average molecular weight is 453 g/mol. The maximum Gasteiger partial charge on any atom is 0.268 e. The third-order valence-electron chi connectivity index (χ3n) is 4.86. The van der Waals surface area contributed by atoms with Gasteiger partial charge >= 0.3 is 0 Å². The SMILES string of the molecule is CCCCCCCCCCCCOCC(CNCC)OP(=O)([O-])OCC[N+](C)(C)C. The number of nitrogens with one attached hydrogen (secondary N) is 1. The molecule has 0 amide bonds. The molecule has 0 aromatic heterocycles. The van der Waals surface area contributed by atoms with Gasteiger partial charge in [-0.1, -0.05) is 71.6 Å². The molecule has 182 valence electrons. The number of unbranched alkanes of at least 4 members (excludes halogenated alkanes) is 9. The minimum Gasteiger partial charge on any atom is -0.756 e. The van der Waals surface area contributed by atoms with Crippen molar-refractivity contribution in [2.24, 2.45) is 0 Å². The lowest BCUT2D eigenvalue weighted by molar-refractivity contribution is -0.870. The lowest BCUT2D eigenvalue weighted by Gasteiger charge is -2.30. The Balaban J connectivity index is 3.92. The first-order valence-corrected chi connectivity index (χ1v) is 13.4. The van der Waals surface area contributed by atoms with Crippen molar-refractivity contribution in [2.75, 3.05) is 60.6 Å². The van der Waals surface area contributed by atoms with E-state index in [1.165, 1.54) is 51.4 Å². The van der Waals surface area contributed by atoms with Crippen molar-refractivity contribution in [3.63, 3.8) is 0 Å². The van der Waals surface area contributed by atoms with Crippen molar-refractivity contribution in [1.29, 1.82) is 0 Å². The summed E-state index contributed by atoms with van der Waals surface area (Å²) in [6.45, 7) is 6.95. The van der Waals surface area contributed by atoms with Crippen LogP contribution < -0.4 is 10.2 Å². The van der Waals surface area contributed by atoms with Crippen molar-refractivity contribution in [3.8, 4) is 0 Å². The highest BCUT2D eigenvalue weighted by Crippen LogP contribution is 2.39. The predicted octanol–water partition coefficient (Wildman–Crippen LogP) is 4.11. The average Bonchev–Trinajstić information content (AvgIpc) is 2.65. The molecule has 0 radical (unpaired) electrons. The van der Waals surface area contributed by atoms with Gasteiger partial charge < -0.3 is 28.5 Å². The van der Waals surface area contributed by atoms with Gasteiger partial charge in [-0.2, -0.15) is 0 Å². The Bertz CT molecular complexity index is 432. The second-order valence-electron chi connectivity index (χ2n) is 9.09. The van der Waals surface area contributed by atoms with E-state index in [-0.39, 0.29) is 13.2 Å². The van der Waals surface area contributed by atoms with Gasteiger partial charge in [-0.25, -0.2) is 0 Å². The van der Waals surface area contributed by atoms with Gasteiger partial charge in [0, 0.05) is 13.2 Å². The Morgan fingerprint density at radius 3 is 2.00 bits per heavy atom. The van der Waals surface area contributed by atoms with Crippen LogP contribution in [0.25, 0.3) is 0 Å². The highest BCUT2D eigenvalue weighted by molar-refractivity contribution is 7.45. The van der Waals surface area contributed by atoms with E-state index in [0.717, 1.165) is 19.4 Å². The Hall–Kier alpha value is -0.0100. The first kappa shape index (κ1) is 30.0. The number of hydrogen-bond acceptors (Lipinski definition) is 6. The number of rotatable bonds is 22. The second-order valence-corrected chi connectivity index (χ2v) is 10.4. The molecule has 0 aliphatic rings. The van der Waals surface area contributed by atoms with Crippen molar-refractivity contribution < 1.29 is 27.7 Å². The molecule has 0 aliphatic heterocycles. The minimum absolute atomic E-state index is 0.109. The van der Waals surface area contributed by atoms with Crippen LogP contribution in [0.2, 0.25) is 0 Å². The fraction of sp³-hybridized carbons (Fsp3) is 1.00. The van der Waals surface area contributed by atoms with E-state index in [1.54, 1.807) is 0 Å². The number of quaternary nitrogens is 1. The maximum atomic E-state index is 12.1. The van der Waals surface area contributed by atoms with E-state index in [9.17, 15) is 9.46 Å². The van der Waals surface area contributed by atoms with Crippen LogP contribution in [0, 0.1) is 0 Å². The molecule has 7 nitrogen and oxygen atoms in total. The molecule has 0 saturated heterocycles. The van der Waals surface area contributed by atoms with Crippen molar-refractivity contribution in [1.82, 2.24) is 5.32 Å². The fourth-order valence-electron chi connectivity index (χ4n) is 2.98. The van der Waals surface area contributed by atoms with Gasteiger partial charge in [-0.05, 0) is 13.0 Å². The molecule has 0 heterocycles. The summed E-state index contributed by atoms with van der Waals surface area (Å²) in [5.41, 5.74) is 0. The van der Waals surface area contributed by atoms with E-state index >= 15 is 0 Å². The van der Waals surface area contributed by atoms with Crippen molar-refractivity contribution in [2.45, 2.75) is 84.2 Å². The molecule has 2 unspecified atom stereocenters. The highest BCUT2D eigenvalue weighted by Gasteiger charge is 2.19. The summed E-state index contributed by atoms with van der Waals surface area (Å²) in [4.78, 5) is 12.1. The summed E-state index contributed by atoms with van der Waals surface area (Å²) in [6, 6.07) is 0. The first-order valence-electron chi connectivity index (χ1n) is 11.9. The van der Waals surface area contributed by atoms with Crippen LogP contribution in [0.15, 0.2) is 0 Å². The normalized spacial score (nSPS) is 15.3. The molecule has 0 bridgehead atoms. The van der Waals surface area contributed by atoms with Gasteiger partial charge in [-0.15, -0.1) is 0 Å². The maximum absolute atomic E-state index is 12.1. The van der Waals surface area contributed by atoms with E-state index in [1.807, 2.05) is 28.1 Å². The van der Waals surface area contributed by atoms with Gasteiger partial charge in [0.05, 0.1) is 27.7 Å². The first-order chi connectivity index (χ1) is 14.2. The Kier molecular flexibility index (Phi) is 18.5. The molecule has 0 spiro atoms. The van der Waals surface area contributed by atoms with Gasteiger partial charge in [0.25, 0.3) is 7.82 Å². The zero-order chi connectivity index (χ0) is 22.7. The Labute approximate surface area is 186 Å². The number of likely N-dealkylation sites (N-methyl/N-ethyl adjacent to an activating group) is 2. The molecule has 2 atom stereocenters. The summed E-state index contributed by atoms with van der Waals surface area (Å²) in [6.07, 6.45) is 12.2. The topological polar surface area (TPSA) is 79.9 Å². The molecule has 1 N–H and O–H groups in total. The molecule has 0 aromatic rings. The van der Waals surface area contributed by atoms with Gasteiger partial charge in [0.15, 0.2) is 0 Å². The van der Waals surface area contributed by atoms with E-state index < -0.39 is 13.9 Å². The number of ether oxygens (including phenoxy) is 1. The van der Waals surface area contributed by atoms with Gasteiger partial charge in [0.2, 0.25) is 0 Å². The van der Waals surface area contributed by atoms with E-state index in [4.69, 9.17) is 13.8 Å². The molecule has 30 heavy (non-hydrogen) atoms. The third kappa shape index (κ3) is 21.2. The molecular weight excluding hydrogens is 403 g/mol. The second kappa shape index (κ2) is 18.6. The van der Waals surface area contributed by atoms with Crippen LogP contribution in [0.1, 0.15) is 78.1 Å². The molecule has 0 rings (SSSR count). The van der Waals surface area contributed by atoms with Crippen molar-refractivity contribution >= 4 is 7.82 Å². The summed E-state index contributed by atoms with van der Waals surface area (Å²) >= 11 is 0. The smallest absolute Gasteiger partial charge is 0.268 e. The third-order valence-corrected chi connectivity index (χ3v) is 5.91. The number of nitrogens with zero attached hydrogens (tertiary/aromatic N) is 1. The molecule has 0 fully saturated rings. The largest absolute Gasteiger partial charge is 0.756 e. The summed E-state index contributed by atoms with van der Waals surface area (Å²) in [5, 5.41) is 3.12. The van der Waals surface area contributed by atoms with Crippen LogP contribution in [0.4, 0.5) is 0 Å². The summed E-state index contributed by atoms with van der Waals surface area (Å²) in [7, 11) is 1.61. The number of hydrogen-bond donors (Lipinski definition) is 1. The van der Waals surface area contributed by atoms with Crippen LogP contribution in [-0.2, 0) is 18.3 Å². The molecule has 0 aromatic carbocycles. The number of phosphoric ester groups is 1. The van der Waals surface area contributed by atoms with E-state index in [2.05, 4.69) is 12.2 Å². The quantitative estimate of drug-likeness (QED) is 0.151. The lowest BCUT2D eigenvalue weighted by Crippen LogP contribution is -2.38. The van der Waals surface area contributed by atoms with E-state index in [0.29, 0.717) is 24.2 Å². The highest BCUT2D eigenvalue weighted by atomic mass is 31.2. The monoisotopic (exact) mass is 452 g/mol. The zero-order valence-electron chi connectivity index (χ0n) is 20.3. The molecule has 0 saturated carbocycles. The lowest BCUT2D eigenvalue weighted by atomic mass is 10.1. The van der Waals surface area contributed by atoms with Crippen LogP contribution in [0.3, 0.4) is 0 Å². The fourth-order valence-corrected chi connectivity index (χ4v) is 3.84. The summed E-state index contributed by atoms with van der Waals surface area (Å²) < 4.78 is 28.7. The van der Waals surface area contributed by atoms with Crippen molar-refractivity contribution in [3.05, 3.63) is 0 Å². The summed E-state index contributed by atoms with van der Waals surface area (Å²) in [5.74, 6) is 0. The van der Waals surface area contributed by atoms with Gasteiger partial charge in [0.1, 0.15) is 19.3 Å². The van der Waals surface area contributed by atoms with Crippen LogP contribution in [-0.4, -0.2) is 71.2 Å². The predicted molar refractivity (Wildman–Crippen MR) is 123 cm³/mol.